The van der Waals surface area contributed by atoms with E-state index in [0.717, 1.165) is 0 Å². The first-order valence-corrected chi connectivity index (χ1v) is 3.65. The van der Waals surface area contributed by atoms with Crippen LogP contribution in [0.3, 0.4) is 0 Å². The normalized spacial score (nSPS) is 16.9. The third kappa shape index (κ3) is 2.50. The summed E-state index contributed by atoms with van der Waals surface area (Å²) >= 11 is 0. The van der Waals surface area contributed by atoms with Crippen molar-refractivity contribution in [2.45, 2.75) is 26.8 Å². The van der Waals surface area contributed by atoms with Crippen LogP contribution in [0.2, 0.25) is 0 Å². The van der Waals surface area contributed by atoms with Crippen molar-refractivity contribution in [2.24, 2.45) is 11.8 Å². The Balaban J connectivity index is 3.92. The second-order valence-corrected chi connectivity index (χ2v) is 2.99. The molecule has 2 heteroatoms. The van der Waals surface area contributed by atoms with Crippen molar-refractivity contribution in [3.05, 3.63) is 12.7 Å². The molecule has 0 aliphatic carbocycles. The van der Waals surface area contributed by atoms with Crippen LogP contribution in [0.25, 0.3) is 0 Å². The Hall–Kier alpha value is -0.340. The van der Waals surface area contributed by atoms with Crippen molar-refractivity contribution in [2.75, 3.05) is 0 Å². The lowest BCUT2D eigenvalue weighted by molar-refractivity contribution is 0.0876. The minimum atomic E-state index is 0.123. The second-order valence-electron chi connectivity index (χ2n) is 2.99. The third-order valence-electron chi connectivity index (χ3n) is 1.81. The highest BCUT2D eigenvalue weighted by Crippen LogP contribution is 2.12. The Morgan fingerprint density at radius 3 is 2.00 bits per heavy atom. The maximum Gasteiger partial charge on any atom is 0.0402 e. The lowest BCUT2D eigenvalue weighted by Crippen LogP contribution is -2.36. The van der Waals surface area contributed by atoms with Crippen molar-refractivity contribution >= 4 is 0 Å². The molecule has 10 heavy (non-hydrogen) atoms. The van der Waals surface area contributed by atoms with Crippen LogP contribution >= 0.6 is 0 Å². The van der Waals surface area contributed by atoms with Crippen LogP contribution in [-0.2, 0) is 0 Å². The average Bonchev–Trinajstić information content (AvgIpc) is 1.88. The van der Waals surface area contributed by atoms with Gasteiger partial charge in [-0.2, -0.15) is 0 Å². The van der Waals surface area contributed by atoms with E-state index >= 15 is 0 Å². The van der Waals surface area contributed by atoms with Crippen molar-refractivity contribution in [1.29, 1.82) is 0 Å². The van der Waals surface area contributed by atoms with Crippen LogP contribution in [0.15, 0.2) is 12.7 Å². The van der Waals surface area contributed by atoms with Crippen molar-refractivity contribution in [3.8, 4) is 0 Å². The molecule has 0 aromatic carbocycles. The molecule has 0 fully saturated rings. The minimum Gasteiger partial charge on any atom is -0.317 e. The summed E-state index contributed by atoms with van der Waals surface area (Å²) in [6.45, 7) is 9.82. The highest BCUT2D eigenvalue weighted by molar-refractivity contribution is 4.85. The van der Waals surface area contributed by atoms with E-state index in [4.69, 9.17) is 5.21 Å². The van der Waals surface area contributed by atoms with Crippen molar-refractivity contribution in [3.63, 3.8) is 0 Å². The quantitative estimate of drug-likeness (QED) is 0.464. The van der Waals surface area contributed by atoms with Gasteiger partial charge in [-0.3, -0.25) is 0 Å². The average molecular weight is 143 g/mol. The van der Waals surface area contributed by atoms with Gasteiger partial charge in [0.05, 0.1) is 0 Å². The van der Waals surface area contributed by atoms with Crippen LogP contribution in [0.4, 0.5) is 0 Å². The Labute approximate surface area is 62.9 Å². The maximum atomic E-state index is 8.70. The summed E-state index contributed by atoms with van der Waals surface area (Å²) in [6.07, 6.45) is 1.84. The first-order valence-electron chi connectivity index (χ1n) is 3.65. The molecule has 0 heterocycles. The summed E-state index contributed by atoms with van der Waals surface area (Å²) in [5.41, 5.74) is 2.28. The molecular weight excluding hydrogens is 126 g/mol. The molecule has 0 aliphatic rings. The number of hydrogen-bond donors (Lipinski definition) is 2. The fraction of sp³-hybridized carbons (Fsp3) is 0.750. The molecule has 2 atom stereocenters. The van der Waals surface area contributed by atoms with E-state index in [-0.39, 0.29) is 6.04 Å². The lowest BCUT2D eigenvalue weighted by atomic mass is 9.93. The van der Waals surface area contributed by atoms with E-state index in [1.807, 2.05) is 13.0 Å². The molecule has 0 saturated heterocycles. The number of hydroxylamine groups is 1. The smallest absolute Gasteiger partial charge is 0.0402 e. The van der Waals surface area contributed by atoms with Gasteiger partial charge < -0.3 is 5.21 Å². The van der Waals surface area contributed by atoms with Crippen LogP contribution < -0.4 is 5.48 Å². The molecule has 0 spiro atoms. The molecule has 0 unspecified atom stereocenters. The van der Waals surface area contributed by atoms with Gasteiger partial charge in [-0.25, -0.2) is 5.48 Å². The lowest BCUT2D eigenvalue weighted by Gasteiger charge is -2.22. The van der Waals surface area contributed by atoms with E-state index in [1.54, 1.807) is 0 Å². The van der Waals surface area contributed by atoms with Gasteiger partial charge in [-0.15, -0.1) is 6.58 Å². The molecule has 2 N–H and O–H groups in total. The van der Waals surface area contributed by atoms with Gasteiger partial charge in [0.1, 0.15) is 0 Å². The molecule has 0 radical (unpaired) electrons. The zero-order chi connectivity index (χ0) is 8.15. The molecule has 2 nitrogen and oxygen atoms in total. The SMILES string of the molecule is C=C[C@@H](C)[C@H](NO)C(C)C. The monoisotopic (exact) mass is 143 g/mol. The molecule has 0 aromatic rings. The molecule has 0 rings (SSSR count). The van der Waals surface area contributed by atoms with Gasteiger partial charge in [0.25, 0.3) is 0 Å². The minimum absolute atomic E-state index is 0.123. The fourth-order valence-corrected chi connectivity index (χ4v) is 1.02. The van der Waals surface area contributed by atoms with E-state index < -0.39 is 0 Å². The van der Waals surface area contributed by atoms with Crippen LogP contribution in [0.1, 0.15) is 20.8 Å². The van der Waals surface area contributed by atoms with E-state index in [2.05, 4.69) is 25.9 Å². The third-order valence-corrected chi connectivity index (χ3v) is 1.81. The molecule has 60 valence electrons. The van der Waals surface area contributed by atoms with Crippen LogP contribution in [0.5, 0.6) is 0 Å². The summed E-state index contributed by atoms with van der Waals surface area (Å²) in [7, 11) is 0. The van der Waals surface area contributed by atoms with Gasteiger partial charge in [-0.05, 0) is 11.8 Å². The summed E-state index contributed by atoms with van der Waals surface area (Å²) < 4.78 is 0. The summed E-state index contributed by atoms with van der Waals surface area (Å²) in [4.78, 5) is 0. The van der Waals surface area contributed by atoms with E-state index in [9.17, 15) is 0 Å². The Kier molecular flexibility index (Phi) is 4.32. The number of nitrogens with one attached hydrogen (secondary N) is 1. The van der Waals surface area contributed by atoms with Gasteiger partial charge in [0.15, 0.2) is 0 Å². The van der Waals surface area contributed by atoms with Crippen molar-refractivity contribution < 1.29 is 5.21 Å². The Bertz CT molecular complexity index is 101. The first kappa shape index (κ1) is 9.66. The largest absolute Gasteiger partial charge is 0.317 e. The molecule has 0 saturated carbocycles. The Morgan fingerprint density at radius 2 is 1.90 bits per heavy atom. The topological polar surface area (TPSA) is 32.3 Å². The van der Waals surface area contributed by atoms with E-state index in [0.29, 0.717) is 11.8 Å². The van der Waals surface area contributed by atoms with Crippen molar-refractivity contribution in [1.82, 2.24) is 5.48 Å². The zero-order valence-electron chi connectivity index (χ0n) is 6.96. The second kappa shape index (κ2) is 4.47. The highest BCUT2D eigenvalue weighted by Gasteiger charge is 2.16. The van der Waals surface area contributed by atoms with Gasteiger partial charge in [0, 0.05) is 6.04 Å². The maximum absolute atomic E-state index is 8.70. The molecule has 0 bridgehead atoms. The zero-order valence-corrected chi connectivity index (χ0v) is 6.96. The fourth-order valence-electron chi connectivity index (χ4n) is 1.02. The predicted octanol–water partition coefficient (Wildman–Crippen LogP) is 1.81. The van der Waals surface area contributed by atoms with Gasteiger partial charge in [0.2, 0.25) is 0 Å². The van der Waals surface area contributed by atoms with E-state index in [1.165, 1.54) is 0 Å². The summed E-state index contributed by atoms with van der Waals surface area (Å²) in [6, 6.07) is 0.123. The summed E-state index contributed by atoms with van der Waals surface area (Å²) in [5.74, 6) is 0.739. The molecular formula is C8H17NO. The highest BCUT2D eigenvalue weighted by atomic mass is 16.5. The van der Waals surface area contributed by atoms with Gasteiger partial charge >= 0.3 is 0 Å². The Morgan fingerprint density at radius 1 is 1.40 bits per heavy atom. The molecule has 0 amide bonds. The molecule has 0 aromatic heterocycles. The van der Waals surface area contributed by atoms with Crippen LogP contribution in [-0.4, -0.2) is 11.2 Å². The molecule has 0 aliphatic heterocycles. The number of hydrogen-bond acceptors (Lipinski definition) is 2. The standard InChI is InChI=1S/C8H17NO/c1-5-7(4)8(9-10)6(2)3/h5-10H,1H2,2-4H3/t7-,8-/m1/s1. The van der Waals surface area contributed by atoms with Crippen LogP contribution in [0, 0.1) is 11.8 Å². The van der Waals surface area contributed by atoms with Gasteiger partial charge in [-0.1, -0.05) is 26.8 Å². The predicted molar refractivity (Wildman–Crippen MR) is 42.9 cm³/mol. The first-order chi connectivity index (χ1) is 4.63. The summed E-state index contributed by atoms with van der Waals surface area (Å²) in [5, 5.41) is 8.70. The number of rotatable bonds is 4.